The van der Waals surface area contributed by atoms with Crippen LogP contribution in [0, 0.1) is 40.4 Å². The van der Waals surface area contributed by atoms with Gasteiger partial charge in [0.05, 0.1) is 18.1 Å². The number of aliphatic hydroxyl groups is 2. The molecule has 8 atom stereocenters. The van der Waals surface area contributed by atoms with E-state index in [2.05, 4.69) is 11.8 Å². The van der Waals surface area contributed by atoms with Crippen LogP contribution >= 0.6 is 11.8 Å². The van der Waals surface area contributed by atoms with Crippen LogP contribution in [0.1, 0.15) is 89.1 Å². The van der Waals surface area contributed by atoms with Crippen molar-refractivity contribution in [3.05, 3.63) is 47.7 Å². The summed E-state index contributed by atoms with van der Waals surface area (Å²) in [5.41, 5.74) is -8.01. The molecule has 0 spiro atoms. The lowest BCUT2D eigenvalue weighted by Gasteiger charge is -2.62. The maximum Gasteiger partial charge on any atom is 0.375 e. The first-order valence-electron chi connectivity index (χ1n) is 15.9. The summed E-state index contributed by atoms with van der Waals surface area (Å²) in [4.78, 5) is 40.1. The van der Waals surface area contributed by atoms with Gasteiger partial charge in [0.1, 0.15) is 11.4 Å². The largest absolute Gasteiger partial charge is 0.457 e. The Labute approximate surface area is 266 Å². The molecule has 1 aromatic heterocycles. The van der Waals surface area contributed by atoms with E-state index in [4.69, 9.17) is 9.15 Å². The van der Waals surface area contributed by atoms with Crippen molar-refractivity contribution in [1.29, 1.82) is 0 Å². The third-order valence-corrected chi connectivity index (χ3v) is 12.6. The van der Waals surface area contributed by atoms with E-state index in [0.717, 1.165) is 31.0 Å². The van der Waals surface area contributed by atoms with Crippen LogP contribution < -0.4 is 0 Å². The molecule has 0 aliphatic heterocycles. The Balaban J connectivity index is 1.38. The number of rotatable bonds is 4. The fourth-order valence-corrected chi connectivity index (χ4v) is 10.4. The second-order valence-corrected chi connectivity index (χ2v) is 15.0. The van der Waals surface area contributed by atoms with Gasteiger partial charge in [-0.1, -0.05) is 49.9 Å². The second kappa shape index (κ2) is 11.2. The van der Waals surface area contributed by atoms with E-state index < -0.39 is 68.5 Å². The molecule has 2 unspecified atom stereocenters. The summed E-state index contributed by atoms with van der Waals surface area (Å²) in [7, 11) is 0. The summed E-state index contributed by atoms with van der Waals surface area (Å²) in [5.74, 6) is 1.70. The molecule has 7 nitrogen and oxygen atoms in total. The molecular weight excluding hydrogens is 602 g/mol. The van der Waals surface area contributed by atoms with Gasteiger partial charge >= 0.3 is 5.97 Å². The highest BCUT2D eigenvalue weighted by Crippen LogP contribution is 2.72. The number of ether oxygens (including phenoxy) is 1. The first-order chi connectivity index (χ1) is 21.2. The van der Waals surface area contributed by atoms with E-state index in [9.17, 15) is 24.6 Å². The van der Waals surface area contributed by atoms with Crippen LogP contribution in [-0.4, -0.2) is 55.8 Å². The van der Waals surface area contributed by atoms with E-state index >= 15 is 8.78 Å². The van der Waals surface area contributed by atoms with Crippen LogP contribution in [0.4, 0.5) is 8.78 Å². The van der Waals surface area contributed by atoms with Crippen molar-refractivity contribution in [2.75, 3.05) is 5.75 Å². The van der Waals surface area contributed by atoms with E-state index in [1.807, 2.05) is 0 Å². The summed E-state index contributed by atoms with van der Waals surface area (Å²) in [5, 5.41) is 22.1. The molecule has 1 heterocycles. The Morgan fingerprint density at radius 2 is 1.93 bits per heavy atom. The van der Waals surface area contributed by atoms with Crippen LogP contribution in [0.25, 0.3) is 0 Å². The Hall–Kier alpha value is -2.74. The Morgan fingerprint density at radius 3 is 2.62 bits per heavy atom. The molecule has 0 aromatic carbocycles. The average Bonchev–Trinajstić information content (AvgIpc) is 3.61. The van der Waals surface area contributed by atoms with Gasteiger partial charge in [-0.25, -0.2) is 13.6 Å². The number of furan rings is 1. The topological polar surface area (TPSA) is 114 Å². The van der Waals surface area contributed by atoms with Crippen molar-refractivity contribution in [3.8, 4) is 11.8 Å². The third kappa shape index (κ3) is 4.71. The molecule has 3 fully saturated rings. The number of hydrogen-bond donors (Lipinski definition) is 2. The third-order valence-electron chi connectivity index (χ3n) is 11.8. The normalized spacial score (nSPS) is 40.1. The molecule has 6 rings (SSSR count). The molecular formula is C35H40F2O7S. The van der Waals surface area contributed by atoms with Gasteiger partial charge in [-0.15, -0.1) is 0 Å². The van der Waals surface area contributed by atoms with Crippen molar-refractivity contribution in [2.45, 2.75) is 102 Å². The average molecular weight is 643 g/mol. The molecule has 0 radical (unpaired) electrons. The molecule has 5 aliphatic carbocycles. The minimum absolute atomic E-state index is 0.0330. The highest BCUT2D eigenvalue weighted by molar-refractivity contribution is 8.14. The summed E-state index contributed by atoms with van der Waals surface area (Å²) >= 11 is 0.866. The van der Waals surface area contributed by atoms with E-state index in [1.165, 1.54) is 37.5 Å². The number of halogens is 2. The van der Waals surface area contributed by atoms with Gasteiger partial charge in [0.2, 0.25) is 10.9 Å². The second-order valence-electron chi connectivity index (χ2n) is 14.1. The van der Waals surface area contributed by atoms with Crippen LogP contribution in [0.2, 0.25) is 0 Å². The quantitative estimate of drug-likeness (QED) is 0.302. The first kappa shape index (κ1) is 32.2. The minimum Gasteiger partial charge on any atom is -0.457 e. The Bertz CT molecular complexity index is 1520. The van der Waals surface area contributed by atoms with Crippen LogP contribution in [0.15, 0.2) is 46.4 Å². The number of carbonyl (C=O) groups is 3. The maximum atomic E-state index is 17.7. The predicted molar refractivity (Wildman–Crippen MR) is 163 cm³/mol. The maximum absolute atomic E-state index is 17.7. The molecule has 0 amide bonds. The van der Waals surface area contributed by atoms with Crippen molar-refractivity contribution >= 4 is 28.6 Å². The summed E-state index contributed by atoms with van der Waals surface area (Å²) in [6.07, 6.45) is 5.66. The van der Waals surface area contributed by atoms with Crippen molar-refractivity contribution < 1.29 is 42.5 Å². The molecule has 0 saturated heterocycles. The zero-order valence-corrected chi connectivity index (χ0v) is 26.7. The lowest BCUT2D eigenvalue weighted by Crippen LogP contribution is -2.69. The monoisotopic (exact) mass is 642 g/mol. The van der Waals surface area contributed by atoms with Crippen molar-refractivity contribution in [1.82, 2.24) is 0 Å². The number of carbonyl (C=O) groups excluding carboxylic acids is 3. The molecule has 0 bridgehead atoms. The van der Waals surface area contributed by atoms with Crippen molar-refractivity contribution in [2.24, 2.45) is 28.6 Å². The van der Waals surface area contributed by atoms with Crippen LogP contribution in [0.5, 0.6) is 0 Å². The molecule has 1 aromatic rings. The fourth-order valence-electron chi connectivity index (χ4n) is 9.45. The molecule has 45 heavy (non-hydrogen) atoms. The number of hydrogen-bond acceptors (Lipinski definition) is 8. The first-order valence-corrected chi connectivity index (χ1v) is 16.8. The van der Waals surface area contributed by atoms with Crippen LogP contribution in [0.3, 0.4) is 0 Å². The smallest absolute Gasteiger partial charge is 0.375 e. The number of alkyl halides is 1. The number of aliphatic hydroxyl groups excluding tert-OH is 1. The minimum atomic E-state index is -2.32. The standard InChI is InChI=1S/C35H40F2O7S/c1-21-17-23-24-19-26(36)25-18-22(38)10-14-31(25,2)34(24,37)28(39)20-32(23,3)35(21,44-29(40)27-9-7-15-43-27)30(41)45-16-8-13-33(42)11-5-4-6-12-33/h7,9-10,14-15,21,23-24,28,39,42H,4-6,11-12,16-20H2,1-3H3/t21-,23?,24?,28+,31+,32+,34+,35+/m1/s1. The van der Waals surface area contributed by atoms with E-state index in [-0.39, 0.29) is 48.6 Å². The number of esters is 1. The highest BCUT2D eigenvalue weighted by atomic mass is 32.2. The van der Waals surface area contributed by atoms with Crippen LogP contribution in [-0.2, 0) is 14.3 Å². The molecule has 242 valence electrons. The van der Waals surface area contributed by atoms with Gasteiger partial charge in [-0.2, -0.15) is 0 Å². The molecule has 2 N–H and O–H groups in total. The Kier molecular flexibility index (Phi) is 8.02. The summed E-state index contributed by atoms with van der Waals surface area (Å²) in [6, 6.07) is 2.94. The summed E-state index contributed by atoms with van der Waals surface area (Å²) in [6.45, 7) is 5.03. The SMILES string of the molecule is C[C@@H]1CC2C3CC(F)=C4CC(=O)C=C[C@]4(C)[C@@]3(F)[C@@H](O)C[C@]2(C)[C@@]1(OC(=O)c1ccco1)C(=O)SCC#CC1(O)CCCCC1. The number of thioether (sulfide) groups is 1. The van der Waals surface area contributed by atoms with Gasteiger partial charge in [0, 0.05) is 35.5 Å². The molecule has 5 aliphatic rings. The molecule has 3 saturated carbocycles. The number of allylic oxidation sites excluding steroid dienone is 4. The van der Waals surface area contributed by atoms with Gasteiger partial charge in [-0.05, 0) is 75.1 Å². The lowest BCUT2D eigenvalue weighted by atomic mass is 9.45. The van der Waals surface area contributed by atoms with Gasteiger partial charge in [0.25, 0.3) is 0 Å². The highest BCUT2D eigenvalue weighted by Gasteiger charge is 2.77. The predicted octanol–water partition coefficient (Wildman–Crippen LogP) is 6.05. The zero-order chi connectivity index (χ0) is 32.4. The summed E-state index contributed by atoms with van der Waals surface area (Å²) < 4.78 is 45.0. The van der Waals surface area contributed by atoms with Crippen molar-refractivity contribution in [3.63, 3.8) is 0 Å². The fraction of sp³-hybridized carbons (Fsp3) is 0.629. The van der Waals surface area contributed by atoms with Gasteiger partial charge in [-0.3, -0.25) is 9.59 Å². The van der Waals surface area contributed by atoms with Gasteiger partial charge in [0.15, 0.2) is 17.1 Å². The van der Waals surface area contributed by atoms with E-state index in [0.29, 0.717) is 12.8 Å². The zero-order valence-electron chi connectivity index (χ0n) is 25.9. The molecule has 10 heteroatoms. The lowest BCUT2D eigenvalue weighted by molar-refractivity contribution is -0.214. The van der Waals surface area contributed by atoms with Gasteiger partial charge < -0.3 is 19.4 Å². The number of ketones is 1. The van der Waals surface area contributed by atoms with E-state index in [1.54, 1.807) is 13.8 Å². The number of fused-ring (bicyclic) bond motifs is 5. The Morgan fingerprint density at radius 1 is 1.20 bits per heavy atom.